The lowest BCUT2D eigenvalue weighted by Gasteiger charge is -2.20. The highest BCUT2D eigenvalue weighted by Gasteiger charge is 2.30. The minimum absolute atomic E-state index is 0.0794. The van der Waals surface area contributed by atoms with Crippen LogP contribution in [-0.4, -0.2) is 12.1 Å². The van der Waals surface area contributed by atoms with Crippen LogP contribution in [-0.2, 0) is 6.18 Å². The van der Waals surface area contributed by atoms with Crippen molar-refractivity contribution in [3.63, 3.8) is 0 Å². The monoisotopic (exact) mass is 481 g/mol. The topological polar surface area (TPSA) is 52.3 Å². The number of hydrogen-bond acceptors (Lipinski definition) is 2. The fourth-order valence-corrected chi connectivity index (χ4v) is 3.39. The molecule has 3 nitrogen and oxygen atoms in total. The summed E-state index contributed by atoms with van der Waals surface area (Å²) in [4.78, 5) is 11.3. The molecule has 0 fully saturated rings. The molecule has 2 N–H and O–H groups in total. The largest absolute Gasteiger partial charge is 0.486 e. The molecule has 3 aromatic rings. The van der Waals surface area contributed by atoms with Gasteiger partial charge in [-0.2, -0.15) is 26.3 Å². The quantitative estimate of drug-likeness (QED) is 0.343. The average Bonchev–Trinajstić information content (AvgIpc) is 2.78. The van der Waals surface area contributed by atoms with Gasteiger partial charge in [0.05, 0.1) is 5.56 Å². The summed E-state index contributed by atoms with van der Waals surface area (Å²) in [5.74, 6) is -0.244. The van der Waals surface area contributed by atoms with E-state index in [1.54, 1.807) is 36.4 Å². The predicted molar refractivity (Wildman–Crippen MR) is 115 cm³/mol. The molecule has 0 aliphatic rings. The zero-order valence-electron chi connectivity index (χ0n) is 17.8. The van der Waals surface area contributed by atoms with Gasteiger partial charge < -0.3 is 10.5 Å². The van der Waals surface area contributed by atoms with E-state index in [2.05, 4.69) is 0 Å². The van der Waals surface area contributed by atoms with Crippen LogP contribution in [0.4, 0.5) is 26.3 Å². The summed E-state index contributed by atoms with van der Waals surface area (Å²) in [5, 5.41) is 0. The van der Waals surface area contributed by atoms with Gasteiger partial charge in [0.25, 0.3) is 0 Å². The summed E-state index contributed by atoms with van der Waals surface area (Å²) < 4.78 is 82.0. The van der Waals surface area contributed by atoms with E-state index in [0.717, 1.165) is 12.1 Å². The molecule has 0 heterocycles. The summed E-state index contributed by atoms with van der Waals surface area (Å²) in [7, 11) is 0. The van der Waals surface area contributed by atoms with Crippen LogP contribution < -0.4 is 10.5 Å². The van der Waals surface area contributed by atoms with Crippen molar-refractivity contribution < 1.29 is 35.9 Å². The van der Waals surface area contributed by atoms with Crippen molar-refractivity contribution >= 4 is 5.91 Å². The SMILES string of the molecule is NC(=O)c1ccc(C(CCCC(F)(F)F)Oc2ccc(-c3ccc(C(F)(F)F)cc3)cc2)cc1. The van der Waals surface area contributed by atoms with Gasteiger partial charge in [-0.05, 0) is 65.9 Å². The molecule has 0 aliphatic carbocycles. The zero-order chi connectivity index (χ0) is 24.9. The molecular formula is C25H21F6NO2. The van der Waals surface area contributed by atoms with Crippen LogP contribution in [0.5, 0.6) is 5.75 Å². The van der Waals surface area contributed by atoms with Crippen LogP contribution in [0.15, 0.2) is 72.8 Å². The molecule has 180 valence electrons. The van der Waals surface area contributed by atoms with E-state index in [9.17, 15) is 31.1 Å². The van der Waals surface area contributed by atoms with Crippen LogP contribution in [0.2, 0.25) is 0 Å². The standard InChI is InChI=1S/C25H21F6NO2/c26-24(27,28)15-1-2-22(18-3-5-19(6-4-18)23(32)33)34-21-13-9-17(10-14-21)16-7-11-20(12-8-16)25(29,30)31/h3-14,22H,1-2,15H2,(H2,32,33). The lowest BCUT2D eigenvalue weighted by molar-refractivity contribution is -0.138. The van der Waals surface area contributed by atoms with Crippen molar-refractivity contribution in [2.45, 2.75) is 37.7 Å². The minimum Gasteiger partial charge on any atom is -0.486 e. The molecule has 3 aromatic carbocycles. The summed E-state index contributed by atoms with van der Waals surface area (Å²) in [6.45, 7) is 0. The normalized spacial score (nSPS) is 12.9. The Hall–Kier alpha value is -3.49. The van der Waals surface area contributed by atoms with Gasteiger partial charge in [-0.3, -0.25) is 4.79 Å². The van der Waals surface area contributed by atoms with E-state index in [1.807, 2.05) is 0 Å². The Bertz CT molecular complexity index is 1090. The first kappa shape index (κ1) is 25.1. The molecule has 0 bridgehead atoms. The number of alkyl halides is 6. The highest BCUT2D eigenvalue weighted by molar-refractivity contribution is 5.92. The first-order chi connectivity index (χ1) is 15.9. The van der Waals surface area contributed by atoms with Crippen molar-refractivity contribution in [1.82, 2.24) is 0 Å². The fourth-order valence-electron chi connectivity index (χ4n) is 3.39. The number of amides is 1. The van der Waals surface area contributed by atoms with Crippen molar-refractivity contribution in [2.24, 2.45) is 5.73 Å². The Kier molecular flexibility index (Phi) is 7.54. The highest BCUT2D eigenvalue weighted by atomic mass is 19.4. The number of nitrogens with two attached hydrogens (primary N) is 1. The second-order valence-corrected chi connectivity index (χ2v) is 7.70. The number of rotatable bonds is 8. The third-order valence-electron chi connectivity index (χ3n) is 5.17. The molecule has 0 spiro atoms. The van der Waals surface area contributed by atoms with E-state index >= 15 is 0 Å². The first-order valence-corrected chi connectivity index (χ1v) is 10.3. The fraction of sp³-hybridized carbons (Fsp3) is 0.240. The molecule has 0 radical (unpaired) electrons. The summed E-state index contributed by atoms with van der Waals surface area (Å²) >= 11 is 0. The molecule has 1 amide bonds. The zero-order valence-corrected chi connectivity index (χ0v) is 17.8. The maximum atomic E-state index is 12.7. The van der Waals surface area contributed by atoms with E-state index in [4.69, 9.17) is 10.5 Å². The van der Waals surface area contributed by atoms with Gasteiger partial charge >= 0.3 is 12.4 Å². The molecule has 0 aromatic heterocycles. The van der Waals surface area contributed by atoms with Crippen LogP contribution in [0.3, 0.4) is 0 Å². The first-order valence-electron chi connectivity index (χ1n) is 10.3. The van der Waals surface area contributed by atoms with Gasteiger partial charge in [0.1, 0.15) is 11.9 Å². The molecule has 3 rings (SSSR count). The molecule has 0 saturated carbocycles. The van der Waals surface area contributed by atoms with Crippen LogP contribution in [0.1, 0.15) is 46.9 Å². The van der Waals surface area contributed by atoms with Gasteiger partial charge in [0.15, 0.2) is 0 Å². The molecule has 34 heavy (non-hydrogen) atoms. The minimum atomic E-state index is -4.42. The van der Waals surface area contributed by atoms with Gasteiger partial charge in [0, 0.05) is 12.0 Å². The molecule has 0 aliphatic heterocycles. The molecule has 1 atom stereocenters. The summed E-state index contributed by atoms with van der Waals surface area (Å²) in [5.41, 5.74) is 6.55. The highest BCUT2D eigenvalue weighted by Crippen LogP contribution is 2.33. The van der Waals surface area contributed by atoms with Crippen LogP contribution >= 0.6 is 0 Å². The lowest BCUT2D eigenvalue weighted by Crippen LogP contribution is -2.13. The third kappa shape index (κ3) is 7.00. The lowest BCUT2D eigenvalue weighted by atomic mass is 10.0. The molecular weight excluding hydrogens is 460 g/mol. The molecule has 0 saturated heterocycles. The number of benzene rings is 3. The molecule has 9 heteroatoms. The average molecular weight is 481 g/mol. The number of halogens is 6. The van der Waals surface area contributed by atoms with Crippen LogP contribution in [0, 0.1) is 0 Å². The predicted octanol–water partition coefficient (Wildman–Crippen LogP) is 7.32. The van der Waals surface area contributed by atoms with Gasteiger partial charge in [-0.15, -0.1) is 0 Å². The Labute approximate surface area is 192 Å². The van der Waals surface area contributed by atoms with Crippen molar-refractivity contribution in [2.75, 3.05) is 0 Å². The van der Waals surface area contributed by atoms with Crippen molar-refractivity contribution in [1.29, 1.82) is 0 Å². The maximum Gasteiger partial charge on any atom is 0.416 e. The van der Waals surface area contributed by atoms with Crippen molar-refractivity contribution in [3.05, 3.63) is 89.5 Å². The van der Waals surface area contributed by atoms with Crippen LogP contribution in [0.25, 0.3) is 11.1 Å². The van der Waals surface area contributed by atoms with Crippen molar-refractivity contribution in [3.8, 4) is 16.9 Å². The second kappa shape index (κ2) is 10.2. The summed E-state index contributed by atoms with van der Waals surface area (Å²) in [6, 6.07) is 17.3. The number of carbonyl (C=O) groups excluding carboxylic acids is 1. The van der Waals surface area contributed by atoms with Gasteiger partial charge in [0.2, 0.25) is 5.91 Å². The Balaban J connectivity index is 1.76. The van der Waals surface area contributed by atoms with E-state index < -0.39 is 36.3 Å². The molecule has 1 unspecified atom stereocenters. The van der Waals surface area contributed by atoms with E-state index in [1.165, 1.54) is 24.3 Å². The number of hydrogen-bond donors (Lipinski definition) is 1. The van der Waals surface area contributed by atoms with E-state index in [-0.39, 0.29) is 18.4 Å². The maximum absolute atomic E-state index is 12.7. The van der Waals surface area contributed by atoms with Gasteiger partial charge in [-0.1, -0.05) is 36.4 Å². The second-order valence-electron chi connectivity index (χ2n) is 7.70. The Morgan fingerprint density at radius 3 is 1.79 bits per heavy atom. The van der Waals surface area contributed by atoms with Gasteiger partial charge in [-0.25, -0.2) is 0 Å². The smallest absolute Gasteiger partial charge is 0.416 e. The Morgan fingerprint density at radius 1 is 0.794 bits per heavy atom. The van der Waals surface area contributed by atoms with E-state index in [0.29, 0.717) is 22.4 Å². The Morgan fingerprint density at radius 2 is 1.32 bits per heavy atom. The number of primary amides is 1. The number of ether oxygens (including phenoxy) is 1. The third-order valence-corrected chi connectivity index (χ3v) is 5.17. The summed E-state index contributed by atoms with van der Waals surface area (Å²) in [6.07, 6.45) is -10.5. The number of carbonyl (C=O) groups is 1.